The van der Waals surface area contributed by atoms with Crippen LogP contribution in [-0.2, 0) is 4.79 Å². The molecule has 7 heteroatoms. The molecule has 0 saturated carbocycles. The lowest BCUT2D eigenvalue weighted by Gasteiger charge is -2.39. The number of carbonyl (C=O) groups is 2. The summed E-state index contributed by atoms with van der Waals surface area (Å²) >= 11 is 6.12. The summed E-state index contributed by atoms with van der Waals surface area (Å²) < 4.78 is 18.7. The number of halogens is 2. The Morgan fingerprint density at radius 3 is 2.48 bits per heavy atom. The molecule has 0 spiro atoms. The van der Waals surface area contributed by atoms with Crippen molar-refractivity contribution in [3.05, 3.63) is 94.3 Å². The van der Waals surface area contributed by atoms with E-state index in [9.17, 15) is 14.0 Å². The van der Waals surface area contributed by atoms with Gasteiger partial charge in [0.05, 0.1) is 29.8 Å². The Bertz CT molecular complexity index is 1150. The molecule has 0 aliphatic carbocycles. The number of methoxy groups -OCH3 is 1. The van der Waals surface area contributed by atoms with Crippen molar-refractivity contribution >= 4 is 29.1 Å². The zero-order valence-corrected chi connectivity index (χ0v) is 17.7. The minimum atomic E-state index is -0.701. The Balaban J connectivity index is 1.79. The van der Waals surface area contributed by atoms with Gasteiger partial charge in [-0.2, -0.15) is 0 Å². The number of likely N-dealkylation sites (N-methyl/N-ethyl adjacent to an activating group) is 1. The molecule has 2 atom stereocenters. The fourth-order valence-electron chi connectivity index (χ4n) is 3.98. The number of hydrogen-bond acceptors (Lipinski definition) is 3. The maximum atomic E-state index is 13.5. The van der Waals surface area contributed by atoms with Crippen LogP contribution in [0.2, 0.25) is 5.02 Å². The molecule has 1 heterocycles. The van der Waals surface area contributed by atoms with Gasteiger partial charge in [-0.05, 0) is 47.5 Å². The van der Waals surface area contributed by atoms with Crippen LogP contribution >= 0.6 is 11.6 Å². The minimum Gasteiger partial charge on any atom is -0.497 e. The highest BCUT2D eigenvalue weighted by atomic mass is 35.5. The van der Waals surface area contributed by atoms with Crippen LogP contribution < -0.4 is 10.1 Å². The molecule has 0 fully saturated rings. The Kier molecular flexibility index (Phi) is 5.65. The van der Waals surface area contributed by atoms with Crippen molar-refractivity contribution < 1.29 is 18.7 Å². The van der Waals surface area contributed by atoms with Gasteiger partial charge in [0.25, 0.3) is 5.91 Å². The first kappa shape index (κ1) is 20.9. The summed E-state index contributed by atoms with van der Waals surface area (Å²) in [7, 11) is 3.25. The van der Waals surface area contributed by atoms with Crippen molar-refractivity contribution in [3.8, 4) is 5.75 Å². The molecule has 0 aromatic heterocycles. The fraction of sp³-hybridized carbons (Fsp3) is 0.167. The normalized spacial score (nSPS) is 17.8. The molecule has 0 radical (unpaired) electrons. The summed E-state index contributed by atoms with van der Waals surface area (Å²) in [4.78, 5) is 28.1. The standard InChI is InChI=1S/C24H20ClFN2O3/c1-28-22(14-7-10-16(31-2)11-8-14)21(17-5-3-4-6-18(17)24(28)30)23(29)27-20-12-9-15(26)13-19(20)25/h3-13,21-22H,1-2H3,(H,27,29)/t21-,22+/m0/s1. The molecule has 4 rings (SSSR count). The first-order valence-corrected chi connectivity index (χ1v) is 10.0. The Hall–Kier alpha value is -3.38. The van der Waals surface area contributed by atoms with Crippen molar-refractivity contribution in [1.82, 2.24) is 4.90 Å². The van der Waals surface area contributed by atoms with E-state index in [1.165, 1.54) is 12.1 Å². The van der Waals surface area contributed by atoms with E-state index in [4.69, 9.17) is 16.3 Å². The molecular weight excluding hydrogens is 419 g/mol. The molecule has 1 aliphatic heterocycles. The molecule has 5 nitrogen and oxygen atoms in total. The van der Waals surface area contributed by atoms with Gasteiger partial charge in [0.15, 0.2) is 0 Å². The lowest BCUT2D eigenvalue weighted by Crippen LogP contribution is -2.44. The largest absolute Gasteiger partial charge is 0.497 e. The van der Waals surface area contributed by atoms with Crippen LogP contribution in [0, 0.1) is 5.82 Å². The number of nitrogens with one attached hydrogen (secondary N) is 1. The summed E-state index contributed by atoms with van der Waals surface area (Å²) in [6.45, 7) is 0. The topological polar surface area (TPSA) is 58.6 Å². The van der Waals surface area contributed by atoms with Crippen LogP contribution in [0.1, 0.15) is 33.4 Å². The van der Waals surface area contributed by atoms with Crippen molar-refractivity contribution in [2.24, 2.45) is 0 Å². The number of ether oxygens (including phenoxy) is 1. The Morgan fingerprint density at radius 1 is 1.10 bits per heavy atom. The molecule has 0 unspecified atom stereocenters. The minimum absolute atomic E-state index is 0.0999. The van der Waals surface area contributed by atoms with E-state index in [0.717, 1.165) is 11.6 Å². The number of anilines is 1. The fourth-order valence-corrected chi connectivity index (χ4v) is 4.19. The predicted molar refractivity (Wildman–Crippen MR) is 117 cm³/mol. The van der Waals surface area contributed by atoms with Crippen LogP contribution in [0.3, 0.4) is 0 Å². The lowest BCUT2D eigenvalue weighted by atomic mass is 9.79. The highest BCUT2D eigenvalue weighted by molar-refractivity contribution is 6.33. The van der Waals surface area contributed by atoms with Gasteiger partial charge in [0, 0.05) is 12.6 Å². The van der Waals surface area contributed by atoms with Crippen LogP contribution in [0.4, 0.5) is 10.1 Å². The molecule has 158 valence electrons. The first-order chi connectivity index (χ1) is 14.9. The third kappa shape index (κ3) is 3.86. The summed E-state index contributed by atoms with van der Waals surface area (Å²) in [6.07, 6.45) is 0. The third-order valence-electron chi connectivity index (χ3n) is 5.51. The van der Waals surface area contributed by atoms with Gasteiger partial charge in [0.1, 0.15) is 11.6 Å². The number of rotatable bonds is 4. The molecular formula is C24H20ClFN2O3. The number of nitrogens with zero attached hydrogens (tertiary/aromatic N) is 1. The van der Waals surface area contributed by atoms with E-state index in [-0.39, 0.29) is 16.8 Å². The van der Waals surface area contributed by atoms with Crippen molar-refractivity contribution in [1.29, 1.82) is 0 Å². The van der Waals surface area contributed by atoms with Crippen molar-refractivity contribution in [2.75, 3.05) is 19.5 Å². The van der Waals surface area contributed by atoms with E-state index < -0.39 is 17.8 Å². The van der Waals surface area contributed by atoms with Gasteiger partial charge in [-0.25, -0.2) is 4.39 Å². The van der Waals surface area contributed by atoms with E-state index in [0.29, 0.717) is 22.6 Å². The predicted octanol–water partition coefficient (Wildman–Crippen LogP) is 5.04. The summed E-state index contributed by atoms with van der Waals surface area (Å²) in [6, 6.07) is 17.6. The number of amides is 2. The van der Waals surface area contributed by atoms with Gasteiger partial charge in [-0.1, -0.05) is 41.9 Å². The average Bonchev–Trinajstić information content (AvgIpc) is 2.78. The summed E-state index contributed by atoms with van der Waals surface area (Å²) in [5.74, 6) is -1.03. The molecule has 2 amide bonds. The third-order valence-corrected chi connectivity index (χ3v) is 5.82. The van der Waals surface area contributed by atoms with Crippen LogP contribution in [0.25, 0.3) is 0 Å². The molecule has 3 aromatic rings. The number of fused-ring (bicyclic) bond motifs is 1. The van der Waals surface area contributed by atoms with Crippen LogP contribution in [-0.4, -0.2) is 30.9 Å². The zero-order chi connectivity index (χ0) is 22.1. The quantitative estimate of drug-likeness (QED) is 0.621. The molecule has 1 N–H and O–H groups in total. The van der Waals surface area contributed by atoms with E-state index in [1.54, 1.807) is 55.5 Å². The second-order valence-electron chi connectivity index (χ2n) is 7.31. The zero-order valence-electron chi connectivity index (χ0n) is 16.9. The highest BCUT2D eigenvalue weighted by Gasteiger charge is 2.42. The molecule has 0 saturated heterocycles. The second-order valence-corrected chi connectivity index (χ2v) is 7.72. The van der Waals surface area contributed by atoms with Gasteiger partial charge in [0.2, 0.25) is 5.91 Å². The molecule has 3 aromatic carbocycles. The van der Waals surface area contributed by atoms with Crippen molar-refractivity contribution in [3.63, 3.8) is 0 Å². The Morgan fingerprint density at radius 2 is 1.81 bits per heavy atom. The van der Waals surface area contributed by atoms with Crippen LogP contribution in [0.5, 0.6) is 5.75 Å². The highest BCUT2D eigenvalue weighted by Crippen LogP contribution is 2.43. The van der Waals surface area contributed by atoms with Crippen molar-refractivity contribution in [2.45, 2.75) is 12.0 Å². The summed E-state index contributed by atoms with van der Waals surface area (Å²) in [5, 5.41) is 2.91. The maximum Gasteiger partial charge on any atom is 0.254 e. The van der Waals surface area contributed by atoms with E-state index >= 15 is 0 Å². The SMILES string of the molecule is COc1ccc([C@@H]2[C@@H](C(=O)Nc3ccc(F)cc3Cl)c3ccccc3C(=O)N2C)cc1. The molecule has 31 heavy (non-hydrogen) atoms. The molecule has 1 aliphatic rings. The maximum absolute atomic E-state index is 13.5. The monoisotopic (exact) mass is 438 g/mol. The van der Waals surface area contributed by atoms with E-state index in [1.807, 2.05) is 12.1 Å². The summed E-state index contributed by atoms with van der Waals surface area (Å²) in [5.41, 5.74) is 2.19. The number of benzene rings is 3. The first-order valence-electron chi connectivity index (χ1n) is 9.66. The van der Waals surface area contributed by atoms with Gasteiger partial charge in [-0.15, -0.1) is 0 Å². The lowest BCUT2D eigenvalue weighted by molar-refractivity contribution is -0.119. The smallest absolute Gasteiger partial charge is 0.254 e. The van der Waals surface area contributed by atoms with Gasteiger partial charge < -0.3 is 15.0 Å². The number of carbonyl (C=O) groups excluding carboxylic acids is 2. The molecule has 0 bridgehead atoms. The van der Waals surface area contributed by atoms with Gasteiger partial charge in [-0.3, -0.25) is 9.59 Å². The van der Waals surface area contributed by atoms with Crippen LogP contribution in [0.15, 0.2) is 66.7 Å². The second kappa shape index (κ2) is 8.40. The van der Waals surface area contributed by atoms with E-state index in [2.05, 4.69) is 5.32 Å². The Labute approximate surface area is 184 Å². The average molecular weight is 439 g/mol. The van der Waals surface area contributed by atoms with Gasteiger partial charge >= 0.3 is 0 Å². The number of hydrogen-bond donors (Lipinski definition) is 1.